The van der Waals surface area contributed by atoms with Crippen LogP contribution < -0.4 is 0 Å². The Balaban J connectivity index is 1.98. The predicted octanol–water partition coefficient (Wildman–Crippen LogP) is 3.41. The van der Waals surface area contributed by atoms with Crippen molar-refractivity contribution in [3.05, 3.63) is 17.6 Å². The van der Waals surface area contributed by atoms with Gasteiger partial charge in [-0.05, 0) is 32.1 Å². The highest BCUT2D eigenvalue weighted by atomic mass is 32.2. The highest BCUT2D eigenvalue weighted by molar-refractivity contribution is 7.99. The Morgan fingerprint density at radius 1 is 1.32 bits per heavy atom. The van der Waals surface area contributed by atoms with Gasteiger partial charge < -0.3 is 0 Å². The molecule has 1 unspecified atom stereocenters. The van der Waals surface area contributed by atoms with E-state index in [1.807, 2.05) is 31.7 Å². The predicted molar refractivity (Wildman–Crippen MR) is 77.5 cm³/mol. The maximum atomic E-state index is 4.52. The van der Waals surface area contributed by atoms with E-state index in [9.17, 15) is 0 Å². The zero-order valence-electron chi connectivity index (χ0n) is 12.0. The second-order valence-electron chi connectivity index (χ2n) is 6.11. The van der Waals surface area contributed by atoms with Gasteiger partial charge in [-0.15, -0.1) is 10.2 Å². The van der Waals surface area contributed by atoms with Gasteiger partial charge in [0.05, 0.1) is 0 Å². The molecule has 0 aromatic carbocycles. The van der Waals surface area contributed by atoms with E-state index in [-0.39, 0.29) is 0 Å². The molecule has 19 heavy (non-hydrogen) atoms. The molecule has 0 aliphatic heterocycles. The summed E-state index contributed by atoms with van der Waals surface area (Å²) in [6, 6.07) is 1.99. The Kier molecular flexibility index (Phi) is 3.04. The third-order valence-electron chi connectivity index (χ3n) is 4.06. The molecular formula is C14H20N4S. The molecule has 1 aliphatic rings. The molecule has 1 atom stereocenters. The summed E-state index contributed by atoms with van der Waals surface area (Å²) in [5.41, 5.74) is 2.29. The monoisotopic (exact) mass is 276 g/mol. The Morgan fingerprint density at radius 2 is 2.11 bits per heavy atom. The Hall–Kier alpha value is -1.10. The summed E-state index contributed by atoms with van der Waals surface area (Å²) in [5, 5.41) is 10.3. The van der Waals surface area contributed by atoms with Crippen molar-refractivity contribution in [2.24, 2.45) is 5.41 Å². The summed E-state index contributed by atoms with van der Waals surface area (Å²) >= 11 is 1.86. The van der Waals surface area contributed by atoms with Crippen LogP contribution in [0.5, 0.6) is 0 Å². The highest BCUT2D eigenvalue weighted by Gasteiger charge is 2.36. The van der Waals surface area contributed by atoms with Gasteiger partial charge in [-0.3, -0.25) is 4.40 Å². The summed E-state index contributed by atoms with van der Waals surface area (Å²) in [4.78, 5) is 4.52. The van der Waals surface area contributed by atoms with Crippen molar-refractivity contribution in [2.75, 3.05) is 0 Å². The van der Waals surface area contributed by atoms with Crippen LogP contribution in [0.3, 0.4) is 0 Å². The van der Waals surface area contributed by atoms with E-state index in [1.165, 1.54) is 19.3 Å². The molecule has 1 fully saturated rings. The molecule has 0 spiro atoms. The number of aryl methyl sites for hydroxylation is 2. The van der Waals surface area contributed by atoms with Crippen LogP contribution in [0.15, 0.2) is 11.2 Å². The highest BCUT2D eigenvalue weighted by Crippen LogP contribution is 2.46. The van der Waals surface area contributed by atoms with Gasteiger partial charge in [0.15, 0.2) is 10.8 Å². The second kappa shape index (κ2) is 4.47. The molecule has 0 saturated heterocycles. The van der Waals surface area contributed by atoms with E-state index in [2.05, 4.69) is 33.4 Å². The van der Waals surface area contributed by atoms with Crippen LogP contribution in [0.4, 0.5) is 0 Å². The van der Waals surface area contributed by atoms with Crippen molar-refractivity contribution in [2.45, 2.75) is 57.4 Å². The third-order valence-corrected chi connectivity index (χ3v) is 5.70. The molecule has 0 radical (unpaired) electrons. The maximum absolute atomic E-state index is 4.52. The van der Waals surface area contributed by atoms with Crippen LogP contribution in [0.2, 0.25) is 0 Å². The normalized spacial score (nSPS) is 22.2. The Bertz CT molecular complexity index is 617. The van der Waals surface area contributed by atoms with Gasteiger partial charge in [0.25, 0.3) is 0 Å². The Labute approximate surface area is 118 Å². The first-order valence-electron chi connectivity index (χ1n) is 6.83. The summed E-state index contributed by atoms with van der Waals surface area (Å²) in [7, 11) is 0. The molecule has 4 nitrogen and oxygen atoms in total. The quantitative estimate of drug-likeness (QED) is 0.843. The first kappa shape index (κ1) is 12.9. The lowest BCUT2D eigenvalue weighted by atomic mass is 9.92. The first-order valence-corrected chi connectivity index (χ1v) is 7.71. The van der Waals surface area contributed by atoms with Crippen LogP contribution in [0.1, 0.15) is 44.6 Å². The molecule has 3 rings (SSSR count). The number of aromatic nitrogens is 4. The van der Waals surface area contributed by atoms with E-state index in [0.29, 0.717) is 10.7 Å². The van der Waals surface area contributed by atoms with Crippen molar-refractivity contribution in [3.8, 4) is 0 Å². The number of nitrogens with zero attached hydrogens (tertiary/aromatic N) is 4. The zero-order chi connectivity index (χ0) is 13.6. The van der Waals surface area contributed by atoms with Crippen molar-refractivity contribution >= 4 is 17.4 Å². The molecule has 0 bridgehead atoms. The lowest BCUT2D eigenvalue weighted by Crippen LogP contribution is -2.20. The lowest BCUT2D eigenvalue weighted by Gasteiger charge is -2.25. The van der Waals surface area contributed by atoms with Crippen molar-refractivity contribution in [3.63, 3.8) is 0 Å². The second-order valence-corrected chi connectivity index (χ2v) is 7.28. The van der Waals surface area contributed by atoms with E-state index >= 15 is 0 Å². The number of rotatable bonds is 2. The third kappa shape index (κ3) is 2.24. The van der Waals surface area contributed by atoms with E-state index in [1.54, 1.807) is 0 Å². The minimum absolute atomic E-state index is 0.391. The van der Waals surface area contributed by atoms with Crippen LogP contribution in [-0.4, -0.2) is 24.8 Å². The van der Waals surface area contributed by atoms with Gasteiger partial charge in [-0.1, -0.05) is 32.0 Å². The molecule has 102 valence electrons. The molecule has 2 aromatic heterocycles. The molecule has 0 N–H and O–H groups in total. The number of hydrogen-bond donors (Lipinski definition) is 0. The standard InChI is InChI=1S/C14H20N4S/c1-9-8-12-16-17-13(18(12)10(2)15-9)19-11-6-5-7-14(11,3)4/h8,11H,5-7H2,1-4H3. The largest absolute Gasteiger partial charge is 0.258 e. The molecule has 1 aliphatic carbocycles. The van der Waals surface area contributed by atoms with Crippen molar-refractivity contribution in [1.29, 1.82) is 0 Å². The van der Waals surface area contributed by atoms with Crippen molar-refractivity contribution in [1.82, 2.24) is 19.6 Å². The summed E-state index contributed by atoms with van der Waals surface area (Å²) < 4.78 is 2.08. The fourth-order valence-corrected chi connectivity index (χ4v) is 4.32. The van der Waals surface area contributed by atoms with Crippen LogP contribution in [-0.2, 0) is 0 Å². The lowest BCUT2D eigenvalue weighted by molar-refractivity contribution is 0.392. The van der Waals surface area contributed by atoms with Crippen LogP contribution in [0.25, 0.3) is 5.65 Å². The van der Waals surface area contributed by atoms with Gasteiger partial charge in [0, 0.05) is 17.0 Å². The van der Waals surface area contributed by atoms with Crippen LogP contribution >= 0.6 is 11.8 Å². The van der Waals surface area contributed by atoms with E-state index < -0.39 is 0 Å². The average Bonchev–Trinajstić information content (AvgIpc) is 2.84. The maximum Gasteiger partial charge on any atom is 0.197 e. The minimum Gasteiger partial charge on any atom is -0.258 e. The average molecular weight is 276 g/mol. The van der Waals surface area contributed by atoms with E-state index in [4.69, 9.17) is 0 Å². The van der Waals surface area contributed by atoms with Gasteiger partial charge >= 0.3 is 0 Å². The van der Waals surface area contributed by atoms with Gasteiger partial charge in [0.1, 0.15) is 5.82 Å². The molecule has 2 heterocycles. The molecule has 0 amide bonds. The van der Waals surface area contributed by atoms with Gasteiger partial charge in [-0.2, -0.15) is 0 Å². The molecular weight excluding hydrogens is 256 g/mol. The smallest absolute Gasteiger partial charge is 0.197 e. The SMILES string of the molecule is Cc1cc2nnc(SC3CCCC3(C)C)n2c(C)n1. The summed E-state index contributed by atoms with van der Waals surface area (Å²) in [6.45, 7) is 8.73. The van der Waals surface area contributed by atoms with Crippen molar-refractivity contribution < 1.29 is 0 Å². The topological polar surface area (TPSA) is 43.1 Å². The summed E-state index contributed by atoms with van der Waals surface area (Å²) in [6.07, 6.45) is 3.89. The Morgan fingerprint density at radius 3 is 2.79 bits per heavy atom. The first-order chi connectivity index (χ1) is 8.97. The molecule has 2 aromatic rings. The molecule has 1 saturated carbocycles. The fourth-order valence-electron chi connectivity index (χ4n) is 2.92. The summed E-state index contributed by atoms with van der Waals surface area (Å²) in [5.74, 6) is 0.971. The number of thioether (sulfide) groups is 1. The minimum atomic E-state index is 0.391. The number of fused-ring (bicyclic) bond motifs is 1. The van der Waals surface area contributed by atoms with Gasteiger partial charge in [-0.25, -0.2) is 4.98 Å². The van der Waals surface area contributed by atoms with Crippen LogP contribution in [0, 0.1) is 19.3 Å². The fraction of sp³-hybridized carbons (Fsp3) is 0.643. The number of hydrogen-bond acceptors (Lipinski definition) is 4. The van der Waals surface area contributed by atoms with Gasteiger partial charge in [0.2, 0.25) is 0 Å². The molecule has 5 heteroatoms. The van der Waals surface area contributed by atoms with E-state index in [0.717, 1.165) is 22.3 Å². The zero-order valence-corrected chi connectivity index (χ0v) is 12.8.